The second-order valence-corrected chi connectivity index (χ2v) is 9.77. The smallest absolute Gasteiger partial charge is 0.186 e. The quantitative estimate of drug-likeness (QED) is 0.184. The molecule has 0 saturated carbocycles. The Bertz CT molecular complexity index is 512. The summed E-state index contributed by atoms with van der Waals surface area (Å²) in [6.07, 6.45) is 3.29. The van der Waals surface area contributed by atoms with Crippen molar-refractivity contribution in [1.82, 2.24) is 0 Å². The van der Waals surface area contributed by atoms with Crippen LogP contribution in [0.2, 0.25) is 0 Å². The van der Waals surface area contributed by atoms with Crippen molar-refractivity contribution >= 4 is 0 Å². The van der Waals surface area contributed by atoms with Gasteiger partial charge in [0, 0.05) is 26.4 Å². The van der Waals surface area contributed by atoms with Crippen LogP contribution in [0.1, 0.15) is 86.0 Å². The lowest BCUT2D eigenvalue weighted by Gasteiger charge is -2.46. The molecular weight excluding hydrogens is 466 g/mol. The second-order valence-electron chi connectivity index (χ2n) is 9.77. The van der Waals surface area contributed by atoms with Gasteiger partial charge in [-0.15, -0.1) is 0 Å². The minimum absolute atomic E-state index is 0.00315. The Labute approximate surface area is 219 Å². The molecular formula is C27H55NO8. The molecule has 8 atom stereocenters. The molecule has 9 heteroatoms. The molecule has 0 bridgehead atoms. The first kappa shape index (κ1) is 33.7. The first-order valence-electron chi connectivity index (χ1n) is 14.2. The highest BCUT2D eigenvalue weighted by Crippen LogP contribution is 2.30. The van der Waals surface area contributed by atoms with Gasteiger partial charge in [0.25, 0.3) is 0 Å². The molecule has 1 saturated heterocycles. The number of rotatable bonds is 22. The third-order valence-corrected chi connectivity index (χ3v) is 6.33. The molecule has 0 aromatic heterocycles. The number of aliphatic hydroxyl groups excluding tert-OH is 2. The van der Waals surface area contributed by atoms with Crippen molar-refractivity contribution in [3.63, 3.8) is 0 Å². The van der Waals surface area contributed by atoms with E-state index < -0.39 is 42.9 Å². The van der Waals surface area contributed by atoms with E-state index in [2.05, 4.69) is 27.7 Å². The molecule has 1 heterocycles. The van der Waals surface area contributed by atoms with E-state index in [1.165, 1.54) is 6.92 Å². The van der Waals surface area contributed by atoms with Gasteiger partial charge in [-0.2, -0.15) is 0 Å². The Kier molecular flexibility index (Phi) is 19.3. The molecule has 0 amide bonds. The van der Waals surface area contributed by atoms with Crippen LogP contribution >= 0.6 is 0 Å². The topological polar surface area (TPSA) is 122 Å². The minimum atomic E-state index is -1.11. The van der Waals surface area contributed by atoms with E-state index in [0.29, 0.717) is 33.0 Å². The lowest BCUT2D eigenvalue weighted by molar-refractivity contribution is -0.325. The number of ether oxygens (including phenoxy) is 6. The Balaban J connectivity index is 3.14. The maximum absolute atomic E-state index is 10.1. The fourth-order valence-electron chi connectivity index (χ4n) is 3.91. The van der Waals surface area contributed by atoms with Crippen molar-refractivity contribution in [3.8, 4) is 0 Å². The number of hydrogen-bond donors (Lipinski definition) is 3. The van der Waals surface area contributed by atoms with Crippen LogP contribution in [0.25, 0.3) is 0 Å². The Morgan fingerprint density at radius 3 is 1.75 bits per heavy atom. The summed E-state index contributed by atoms with van der Waals surface area (Å²) >= 11 is 0. The fraction of sp³-hybridized carbons (Fsp3) is 1.00. The van der Waals surface area contributed by atoms with Crippen molar-refractivity contribution in [3.05, 3.63) is 0 Å². The Hall–Kier alpha value is -0.360. The highest BCUT2D eigenvalue weighted by atomic mass is 16.7. The summed E-state index contributed by atoms with van der Waals surface area (Å²) in [5.41, 5.74) is 6.08. The molecule has 3 unspecified atom stereocenters. The number of unbranched alkanes of at least 4 members (excludes halogenated alkanes) is 4. The van der Waals surface area contributed by atoms with Gasteiger partial charge in [0.05, 0.1) is 31.5 Å². The molecule has 36 heavy (non-hydrogen) atoms. The van der Waals surface area contributed by atoms with Crippen LogP contribution in [0.4, 0.5) is 0 Å². The maximum atomic E-state index is 10.1. The van der Waals surface area contributed by atoms with E-state index in [-0.39, 0.29) is 12.7 Å². The van der Waals surface area contributed by atoms with Crippen LogP contribution in [0.3, 0.4) is 0 Å². The zero-order valence-corrected chi connectivity index (χ0v) is 23.4. The van der Waals surface area contributed by atoms with Crippen molar-refractivity contribution in [2.75, 3.05) is 39.6 Å². The van der Waals surface area contributed by atoms with Gasteiger partial charge in [0.15, 0.2) is 6.29 Å². The van der Waals surface area contributed by atoms with Gasteiger partial charge in [-0.05, 0) is 32.6 Å². The first-order chi connectivity index (χ1) is 17.4. The number of nitrogens with two attached hydrogens (primary N) is 1. The Morgan fingerprint density at radius 1 is 0.722 bits per heavy atom. The summed E-state index contributed by atoms with van der Waals surface area (Å²) < 4.78 is 37.5. The third-order valence-electron chi connectivity index (χ3n) is 6.33. The van der Waals surface area contributed by atoms with Gasteiger partial charge < -0.3 is 44.4 Å². The maximum Gasteiger partial charge on any atom is 0.186 e. The standard InChI is InChI=1S/C27H55NO8/c1-6-10-14-31-19-22-24(32-15-11-7-2)25(33-16-12-8-3)26(34-17-13-9-4)27(36-22)35-18-21(28)23(30)20(5)29/h20-27,29-30H,6-19,28H2,1-5H3/t20-,21+,22?,23+,24?,25+,26?,27+/m1/s1. The van der Waals surface area contributed by atoms with Crippen molar-refractivity contribution in [2.45, 2.75) is 135 Å². The van der Waals surface area contributed by atoms with Crippen LogP contribution in [-0.2, 0) is 28.4 Å². The zero-order valence-electron chi connectivity index (χ0n) is 23.4. The van der Waals surface area contributed by atoms with Crippen molar-refractivity contribution in [1.29, 1.82) is 0 Å². The lowest BCUT2D eigenvalue weighted by Crippen LogP contribution is -2.62. The second kappa shape index (κ2) is 20.6. The van der Waals surface area contributed by atoms with Gasteiger partial charge in [0.1, 0.15) is 24.4 Å². The molecule has 0 aromatic carbocycles. The third kappa shape index (κ3) is 12.5. The van der Waals surface area contributed by atoms with E-state index in [0.717, 1.165) is 51.4 Å². The minimum Gasteiger partial charge on any atom is -0.391 e. The van der Waals surface area contributed by atoms with E-state index >= 15 is 0 Å². The number of aliphatic hydroxyl groups is 2. The van der Waals surface area contributed by atoms with Gasteiger partial charge in [-0.1, -0.05) is 53.4 Å². The van der Waals surface area contributed by atoms with Crippen molar-refractivity contribution in [2.24, 2.45) is 5.73 Å². The SMILES string of the molecule is CCCCOCC1O[C@H](OC[C@H](N)[C@@H](O)[C@@H](C)O)C(OCCCC)[C@@H](OCCCC)C1OCCCC. The molecule has 1 aliphatic heterocycles. The van der Waals surface area contributed by atoms with Gasteiger partial charge in [0.2, 0.25) is 0 Å². The highest BCUT2D eigenvalue weighted by molar-refractivity contribution is 4.93. The largest absolute Gasteiger partial charge is 0.391 e. The normalized spacial score (nSPS) is 27.2. The number of hydrogen-bond acceptors (Lipinski definition) is 9. The molecule has 9 nitrogen and oxygen atoms in total. The van der Waals surface area contributed by atoms with Crippen LogP contribution in [0.15, 0.2) is 0 Å². The summed E-state index contributed by atoms with van der Waals surface area (Å²) in [6.45, 7) is 12.7. The predicted octanol–water partition coefficient (Wildman–Crippen LogP) is 3.17. The van der Waals surface area contributed by atoms with Gasteiger partial charge >= 0.3 is 0 Å². The average Bonchev–Trinajstić information content (AvgIpc) is 2.87. The van der Waals surface area contributed by atoms with Gasteiger partial charge in [-0.3, -0.25) is 0 Å². The molecule has 0 spiro atoms. The van der Waals surface area contributed by atoms with Crippen molar-refractivity contribution < 1.29 is 38.6 Å². The molecule has 0 radical (unpaired) electrons. The fourth-order valence-corrected chi connectivity index (χ4v) is 3.91. The van der Waals surface area contributed by atoms with E-state index in [1.807, 2.05) is 0 Å². The van der Waals surface area contributed by atoms with Crippen LogP contribution in [0.5, 0.6) is 0 Å². The summed E-state index contributed by atoms with van der Waals surface area (Å²) in [4.78, 5) is 0. The molecule has 0 aliphatic carbocycles. The van der Waals surface area contributed by atoms with E-state index in [9.17, 15) is 10.2 Å². The lowest BCUT2D eigenvalue weighted by atomic mass is 9.98. The molecule has 4 N–H and O–H groups in total. The van der Waals surface area contributed by atoms with E-state index in [1.54, 1.807) is 0 Å². The summed E-state index contributed by atoms with van der Waals surface area (Å²) in [5, 5.41) is 19.9. The first-order valence-corrected chi connectivity index (χ1v) is 14.2. The Morgan fingerprint density at radius 2 is 1.22 bits per heavy atom. The van der Waals surface area contributed by atoms with Crippen LogP contribution in [-0.4, -0.2) is 98.8 Å². The monoisotopic (exact) mass is 521 g/mol. The molecule has 1 rings (SSSR count). The average molecular weight is 522 g/mol. The van der Waals surface area contributed by atoms with Gasteiger partial charge in [-0.25, -0.2) is 0 Å². The summed E-state index contributed by atoms with van der Waals surface area (Å²) in [6, 6.07) is -0.776. The molecule has 0 aromatic rings. The summed E-state index contributed by atoms with van der Waals surface area (Å²) in [5.74, 6) is 0. The summed E-state index contributed by atoms with van der Waals surface area (Å²) in [7, 11) is 0. The zero-order chi connectivity index (χ0) is 26.8. The highest BCUT2D eigenvalue weighted by Gasteiger charge is 2.49. The van der Waals surface area contributed by atoms with Crippen LogP contribution < -0.4 is 5.73 Å². The molecule has 216 valence electrons. The van der Waals surface area contributed by atoms with Crippen LogP contribution in [0, 0.1) is 0 Å². The molecule has 1 fully saturated rings. The molecule has 1 aliphatic rings. The van der Waals surface area contributed by atoms with E-state index in [4.69, 9.17) is 34.2 Å². The predicted molar refractivity (Wildman–Crippen MR) is 140 cm³/mol.